The molecule has 25 heavy (non-hydrogen) atoms. The van der Waals surface area contributed by atoms with Gasteiger partial charge in [0.15, 0.2) is 11.3 Å². The summed E-state index contributed by atoms with van der Waals surface area (Å²) in [5.74, 6) is -6.08. The Kier molecular flexibility index (Phi) is 7.01. The Hall–Kier alpha value is -1.61. The normalized spacial score (nSPS) is 16.0. The summed E-state index contributed by atoms with van der Waals surface area (Å²) in [6, 6.07) is 3.07. The van der Waals surface area contributed by atoms with E-state index in [4.69, 9.17) is 10.2 Å². The molecule has 6 N–H and O–H groups in total. The van der Waals surface area contributed by atoms with E-state index in [-0.39, 0.29) is 6.42 Å². The summed E-state index contributed by atoms with van der Waals surface area (Å²) < 4.78 is 23.1. The maximum absolute atomic E-state index is 11.5. The first kappa shape index (κ1) is 21.4. The first-order chi connectivity index (χ1) is 11.4. The van der Waals surface area contributed by atoms with E-state index in [9.17, 15) is 38.3 Å². The summed E-state index contributed by atoms with van der Waals surface area (Å²) in [6.45, 7) is 0. The average Bonchev–Trinajstić information content (AvgIpc) is 2.42. The Morgan fingerprint density at radius 1 is 1.00 bits per heavy atom. The van der Waals surface area contributed by atoms with Gasteiger partial charge in [-0.2, -0.15) is 0 Å². The Bertz CT molecular complexity index is 672. The summed E-state index contributed by atoms with van der Waals surface area (Å²) in [5.41, 5.74) is -4.66. The number of aromatic nitrogens is 1. The van der Waals surface area contributed by atoms with Crippen molar-refractivity contribution in [2.75, 3.05) is 0 Å². The van der Waals surface area contributed by atoms with Crippen molar-refractivity contribution in [1.29, 1.82) is 0 Å². The maximum Gasteiger partial charge on any atom is 0.340 e. The standard InChI is InChI=1S/C12H17NO10P2/c14-11(15)9(24(18,19)20)8(10(12(16)17)25(21,22)23)4-3-7-2-1-5-13-6-7/h1-2,5-6,8-10H,3-4H2,(H,14,15)(H,16,17)(H2,18,19,20)(H2,21,22,23). The zero-order chi connectivity index (χ0) is 19.4. The van der Waals surface area contributed by atoms with Crippen LogP contribution in [0.2, 0.25) is 0 Å². The van der Waals surface area contributed by atoms with E-state index in [0.29, 0.717) is 5.56 Å². The third kappa shape index (κ3) is 6.00. The minimum atomic E-state index is -5.39. The van der Waals surface area contributed by atoms with Crippen LogP contribution in [-0.2, 0) is 25.1 Å². The van der Waals surface area contributed by atoms with Crippen LogP contribution >= 0.6 is 15.2 Å². The van der Waals surface area contributed by atoms with Crippen molar-refractivity contribution in [2.45, 2.75) is 24.2 Å². The van der Waals surface area contributed by atoms with Gasteiger partial charge in [-0.15, -0.1) is 0 Å². The lowest BCUT2D eigenvalue weighted by Crippen LogP contribution is -2.41. The zero-order valence-electron chi connectivity index (χ0n) is 12.6. The number of carboxylic acids is 2. The summed E-state index contributed by atoms with van der Waals surface area (Å²) in [6.07, 6.45) is 2.23. The molecule has 0 saturated heterocycles. The minimum absolute atomic E-state index is 0.0773. The molecule has 0 radical (unpaired) electrons. The van der Waals surface area contributed by atoms with E-state index >= 15 is 0 Å². The molecule has 0 aliphatic heterocycles. The third-order valence-corrected chi connectivity index (χ3v) is 6.19. The molecule has 1 aromatic heterocycles. The minimum Gasteiger partial charge on any atom is -0.481 e. The first-order valence-corrected chi connectivity index (χ1v) is 10.2. The molecule has 11 nitrogen and oxygen atoms in total. The molecule has 140 valence electrons. The second-order valence-electron chi connectivity index (χ2n) is 5.31. The van der Waals surface area contributed by atoms with E-state index in [1.54, 1.807) is 6.07 Å². The molecule has 0 saturated carbocycles. The quantitative estimate of drug-likeness (QED) is 0.303. The highest BCUT2D eigenvalue weighted by Gasteiger charge is 2.53. The molecule has 0 amide bonds. The molecule has 1 aromatic rings. The topological polar surface area (TPSA) is 203 Å². The van der Waals surface area contributed by atoms with Gasteiger partial charge >= 0.3 is 27.1 Å². The van der Waals surface area contributed by atoms with E-state index in [1.165, 1.54) is 18.5 Å². The number of carbonyl (C=O) groups is 2. The maximum atomic E-state index is 11.5. The highest BCUT2D eigenvalue weighted by Crippen LogP contribution is 2.54. The lowest BCUT2D eigenvalue weighted by molar-refractivity contribution is -0.140. The van der Waals surface area contributed by atoms with Gasteiger partial charge in [0.2, 0.25) is 0 Å². The number of aliphatic carboxylic acids is 2. The summed E-state index contributed by atoms with van der Waals surface area (Å²) in [7, 11) is -10.8. The van der Waals surface area contributed by atoms with E-state index in [0.717, 1.165) is 0 Å². The van der Waals surface area contributed by atoms with Crippen molar-refractivity contribution in [2.24, 2.45) is 5.92 Å². The SMILES string of the molecule is O=C(O)C(C(CCc1cccnc1)C(C(=O)O)P(=O)(O)O)P(=O)(O)O. The third-order valence-electron chi connectivity index (χ3n) is 3.53. The molecule has 0 aliphatic rings. The lowest BCUT2D eigenvalue weighted by Gasteiger charge is -2.29. The van der Waals surface area contributed by atoms with E-state index in [1.807, 2.05) is 0 Å². The predicted molar refractivity (Wildman–Crippen MR) is 83.0 cm³/mol. The lowest BCUT2D eigenvalue weighted by atomic mass is 9.93. The average molecular weight is 397 g/mol. The molecule has 1 heterocycles. The van der Waals surface area contributed by atoms with Crippen molar-refractivity contribution in [3.8, 4) is 0 Å². The number of aryl methyl sites for hydroxylation is 1. The van der Waals surface area contributed by atoms with Crippen molar-refractivity contribution in [1.82, 2.24) is 4.98 Å². The Balaban J connectivity index is 3.33. The van der Waals surface area contributed by atoms with Gasteiger partial charge in [-0.25, -0.2) is 0 Å². The van der Waals surface area contributed by atoms with Crippen LogP contribution in [0.4, 0.5) is 0 Å². The van der Waals surface area contributed by atoms with Crippen LogP contribution in [0.3, 0.4) is 0 Å². The van der Waals surface area contributed by atoms with E-state index in [2.05, 4.69) is 4.98 Å². The van der Waals surface area contributed by atoms with Gasteiger partial charge in [0.05, 0.1) is 0 Å². The second-order valence-corrected chi connectivity index (χ2v) is 8.78. The van der Waals surface area contributed by atoms with Gasteiger partial charge < -0.3 is 29.8 Å². The molecule has 0 aliphatic carbocycles. The van der Waals surface area contributed by atoms with Crippen molar-refractivity contribution < 1.29 is 48.5 Å². The van der Waals surface area contributed by atoms with Crippen molar-refractivity contribution >= 4 is 27.1 Å². The van der Waals surface area contributed by atoms with Crippen LogP contribution in [0.25, 0.3) is 0 Å². The molecule has 0 fully saturated rings. The van der Waals surface area contributed by atoms with E-state index < -0.39 is 50.8 Å². The monoisotopic (exact) mass is 397 g/mol. The van der Waals surface area contributed by atoms with Crippen LogP contribution < -0.4 is 0 Å². The number of hydrogen-bond acceptors (Lipinski definition) is 5. The number of rotatable bonds is 9. The highest BCUT2D eigenvalue weighted by atomic mass is 31.2. The van der Waals surface area contributed by atoms with Gasteiger partial charge in [0.1, 0.15) is 0 Å². The Morgan fingerprint density at radius 2 is 1.48 bits per heavy atom. The number of hydrogen-bond donors (Lipinski definition) is 6. The number of nitrogens with zero attached hydrogens (tertiary/aromatic N) is 1. The molecular formula is C12H17NO10P2. The van der Waals surface area contributed by atoms with Gasteiger partial charge in [0, 0.05) is 18.3 Å². The molecule has 2 unspecified atom stereocenters. The molecule has 0 bridgehead atoms. The number of carboxylic acid groups (broad SMARTS) is 2. The summed E-state index contributed by atoms with van der Waals surface area (Å²) >= 11 is 0. The Morgan fingerprint density at radius 3 is 1.80 bits per heavy atom. The van der Waals surface area contributed by atoms with Crippen LogP contribution in [0, 0.1) is 5.92 Å². The molecular weight excluding hydrogens is 380 g/mol. The second kappa shape index (κ2) is 8.18. The van der Waals surface area contributed by atoms with Gasteiger partial charge in [-0.1, -0.05) is 6.07 Å². The van der Waals surface area contributed by atoms with Crippen LogP contribution in [0.15, 0.2) is 24.5 Å². The largest absolute Gasteiger partial charge is 0.481 e. The molecule has 2 atom stereocenters. The molecule has 0 aromatic carbocycles. The van der Waals surface area contributed by atoms with Crippen LogP contribution in [0.1, 0.15) is 12.0 Å². The first-order valence-electron chi connectivity index (χ1n) is 6.80. The fourth-order valence-electron chi connectivity index (χ4n) is 2.52. The van der Waals surface area contributed by atoms with Gasteiger partial charge in [-0.05, 0) is 24.5 Å². The fraction of sp³-hybridized carbons (Fsp3) is 0.417. The molecule has 13 heteroatoms. The van der Waals surface area contributed by atoms with Crippen LogP contribution in [0.5, 0.6) is 0 Å². The number of pyridine rings is 1. The predicted octanol–water partition coefficient (Wildman–Crippen LogP) is -0.108. The molecule has 1 rings (SSSR count). The van der Waals surface area contributed by atoms with Gasteiger partial charge in [-0.3, -0.25) is 23.7 Å². The summed E-state index contributed by atoms with van der Waals surface area (Å²) in [5, 5.41) is 18.2. The van der Waals surface area contributed by atoms with Crippen LogP contribution in [-0.4, -0.2) is 58.0 Å². The molecule has 0 spiro atoms. The fourth-order valence-corrected chi connectivity index (χ4v) is 4.87. The smallest absolute Gasteiger partial charge is 0.340 e. The zero-order valence-corrected chi connectivity index (χ0v) is 14.4. The van der Waals surface area contributed by atoms with Crippen molar-refractivity contribution in [3.63, 3.8) is 0 Å². The summed E-state index contributed by atoms with van der Waals surface area (Å²) in [4.78, 5) is 63.5. The Labute approximate surface area is 141 Å². The van der Waals surface area contributed by atoms with Gasteiger partial charge in [0.25, 0.3) is 0 Å². The van der Waals surface area contributed by atoms with Crippen molar-refractivity contribution in [3.05, 3.63) is 30.1 Å². The highest BCUT2D eigenvalue weighted by molar-refractivity contribution is 7.55.